The molecule has 5 heteroatoms. The van der Waals surface area contributed by atoms with E-state index in [0.717, 1.165) is 17.8 Å². The van der Waals surface area contributed by atoms with Gasteiger partial charge in [-0.1, -0.05) is 25.4 Å². The van der Waals surface area contributed by atoms with E-state index in [1.807, 2.05) is 30.5 Å². The first-order valence-corrected chi connectivity index (χ1v) is 7.10. The SMILES string of the molecule is CCC(C)(CO)CNc1cc(Cl)ccc1-n1cccn1. The smallest absolute Gasteiger partial charge is 0.0877 e. The lowest BCUT2D eigenvalue weighted by atomic mass is 9.88. The molecule has 0 fully saturated rings. The van der Waals surface area contributed by atoms with Crippen LogP contribution in [0.1, 0.15) is 20.3 Å². The summed E-state index contributed by atoms with van der Waals surface area (Å²) in [5.41, 5.74) is 1.70. The van der Waals surface area contributed by atoms with Crippen LogP contribution in [0.25, 0.3) is 5.69 Å². The molecule has 0 amide bonds. The average Bonchev–Trinajstić information content (AvgIpc) is 2.99. The van der Waals surface area contributed by atoms with E-state index >= 15 is 0 Å². The third-order valence-corrected chi connectivity index (χ3v) is 3.89. The number of aromatic nitrogens is 2. The van der Waals surface area contributed by atoms with Gasteiger partial charge in [-0.2, -0.15) is 5.10 Å². The monoisotopic (exact) mass is 293 g/mol. The summed E-state index contributed by atoms with van der Waals surface area (Å²) in [5.74, 6) is 0. The molecule has 108 valence electrons. The molecule has 1 heterocycles. The number of aliphatic hydroxyl groups is 1. The van der Waals surface area contributed by atoms with Crippen molar-refractivity contribution in [3.8, 4) is 5.69 Å². The Morgan fingerprint density at radius 1 is 1.45 bits per heavy atom. The lowest BCUT2D eigenvalue weighted by molar-refractivity contribution is 0.149. The zero-order chi connectivity index (χ0) is 14.6. The van der Waals surface area contributed by atoms with Gasteiger partial charge in [0.15, 0.2) is 0 Å². The van der Waals surface area contributed by atoms with Gasteiger partial charge in [-0.15, -0.1) is 0 Å². The summed E-state index contributed by atoms with van der Waals surface area (Å²) < 4.78 is 1.79. The standard InChI is InChI=1S/C15H20ClN3O/c1-3-15(2,11-20)10-17-13-9-12(16)5-6-14(13)19-8-4-7-18-19/h4-9,17,20H,3,10-11H2,1-2H3. The molecule has 0 aliphatic rings. The molecule has 0 radical (unpaired) electrons. The van der Waals surface area contributed by atoms with Gasteiger partial charge in [0, 0.05) is 29.4 Å². The van der Waals surface area contributed by atoms with Crippen molar-refractivity contribution in [1.29, 1.82) is 0 Å². The van der Waals surface area contributed by atoms with Crippen LogP contribution in [-0.4, -0.2) is 28.0 Å². The third-order valence-electron chi connectivity index (χ3n) is 3.65. The molecule has 0 bridgehead atoms. The summed E-state index contributed by atoms with van der Waals surface area (Å²) in [7, 11) is 0. The maximum atomic E-state index is 9.49. The molecular weight excluding hydrogens is 274 g/mol. The molecule has 2 N–H and O–H groups in total. The predicted molar refractivity (Wildman–Crippen MR) is 82.5 cm³/mol. The second kappa shape index (κ2) is 6.29. The quantitative estimate of drug-likeness (QED) is 0.859. The van der Waals surface area contributed by atoms with E-state index in [1.54, 1.807) is 10.9 Å². The third kappa shape index (κ3) is 3.32. The number of aliphatic hydroxyl groups excluding tert-OH is 1. The first-order valence-electron chi connectivity index (χ1n) is 6.72. The highest BCUT2D eigenvalue weighted by atomic mass is 35.5. The van der Waals surface area contributed by atoms with E-state index in [-0.39, 0.29) is 12.0 Å². The molecule has 0 saturated carbocycles. The number of benzene rings is 1. The van der Waals surface area contributed by atoms with E-state index in [2.05, 4.69) is 24.3 Å². The Morgan fingerprint density at radius 3 is 2.85 bits per heavy atom. The summed E-state index contributed by atoms with van der Waals surface area (Å²) >= 11 is 6.08. The fourth-order valence-corrected chi connectivity index (χ4v) is 2.03. The van der Waals surface area contributed by atoms with Gasteiger partial charge in [0.25, 0.3) is 0 Å². The second-order valence-electron chi connectivity index (χ2n) is 5.29. The molecule has 0 aliphatic carbocycles. The molecule has 1 unspecified atom stereocenters. The Morgan fingerprint density at radius 2 is 2.25 bits per heavy atom. The van der Waals surface area contributed by atoms with Crippen LogP contribution in [0.2, 0.25) is 5.02 Å². The van der Waals surface area contributed by atoms with Crippen molar-refractivity contribution in [3.63, 3.8) is 0 Å². The van der Waals surface area contributed by atoms with Crippen LogP contribution in [0, 0.1) is 5.41 Å². The molecule has 4 nitrogen and oxygen atoms in total. The van der Waals surface area contributed by atoms with Gasteiger partial charge in [-0.3, -0.25) is 0 Å². The minimum Gasteiger partial charge on any atom is -0.396 e. The van der Waals surface area contributed by atoms with E-state index < -0.39 is 0 Å². The largest absolute Gasteiger partial charge is 0.396 e. The van der Waals surface area contributed by atoms with Crippen LogP contribution in [0.4, 0.5) is 5.69 Å². The summed E-state index contributed by atoms with van der Waals surface area (Å²) in [6.45, 7) is 4.95. The van der Waals surface area contributed by atoms with Crippen molar-refractivity contribution in [2.24, 2.45) is 5.41 Å². The van der Waals surface area contributed by atoms with Crippen molar-refractivity contribution < 1.29 is 5.11 Å². The van der Waals surface area contributed by atoms with Gasteiger partial charge in [0.05, 0.1) is 18.0 Å². The number of nitrogens with zero attached hydrogens (tertiary/aromatic N) is 2. The molecule has 1 aromatic carbocycles. The molecule has 0 aliphatic heterocycles. The lowest BCUT2D eigenvalue weighted by Crippen LogP contribution is -2.29. The maximum absolute atomic E-state index is 9.49. The van der Waals surface area contributed by atoms with Crippen molar-refractivity contribution in [3.05, 3.63) is 41.7 Å². The highest BCUT2D eigenvalue weighted by Crippen LogP contribution is 2.27. The number of nitrogens with one attached hydrogen (secondary N) is 1. The summed E-state index contributed by atoms with van der Waals surface area (Å²) in [6.07, 6.45) is 4.52. The lowest BCUT2D eigenvalue weighted by Gasteiger charge is -2.27. The zero-order valence-corrected chi connectivity index (χ0v) is 12.6. The minimum atomic E-state index is -0.149. The number of rotatable bonds is 6. The maximum Gasteiger partial charge on any atom is 0.0877 e. The Kier molecular flexibility index (Phi) is 4.68. The first-order chi connectivity index (χ1) is 9.58. The fourth-order valence-electron chi connectivity index (χ4n) is 1.86. The highest BCUT2D eigenvalue weighted by Gasteiger charge is 2.21. The molecule has 0 spiro atoms. The van der Waals surface area contributed by atoms with Gasteiger partial charge in [-0.25, -0.2) is 4.68 Å². The number of halogens is 1. The summed E-state index contributed by atoms with van der Waals surface area (Å²) in [5, 5.41) is 17.8. The van der Waals surface area contributed by atoms with Gasteiger partial charge >= 0.3 is 0 Å². The zero-order valence-electron chi connectivity index (χ0n) is 11.8. The number of anilines is 1. The Hall–Kier alpha value is -1.52. The van der Waals surface area contributed by atoms with Crippen LogP contribution >= 0.6 is 11.6 Å². The van der Waals surface area contributed by atoms with E-state index in [4.69, 9.17) is 11.6 Å². The second-order valence-corrected chi connectivity index (χ2v) is 5.72. The van der Waals surface area contributed by atoms with Crippen LogP contribution in [0.15, 0.2) is 36.7 Å². The average molecular weight is 294 g/mol. The van der Waals surface area contributed by atoms with Gasteiger partial charge in [0.1, 0.15) is 0 Å². The molecule has 2 rings (SSSR count). The Labute approximate surface area is 124 Å². The van der Waals surface area contributed by atoms with Crippen LogP contribution in [0.3, 0.4) is 0 Å². The molecule has 1 aromatic heterocycles. The highest BCUT2D eigenvalue weighted by molar-refractivity contribution is 6.31. The Bertz CT molecular complexity index is 550. The van der Waals surface area contributed by atoms with Crippen molar-refractivity contribution >= 4 is 17.3 Å². The van der Waals surface area contributed by atoms with Gasteiger partial charge in [0.2, 0.25) is 0 Å². The van der Waals surface area contributed by atoms with Gasteiger partial charge < -0.3 is 10.4 Å². The van der Waals surface area contributed by atoms with E-state index in [0.29, 0.717) is 11.6 Å². The van der Waals surface area contributed by atoms with Gasteiger partial charge in [-0.05, 0) is 30.7 Å². The predicted octanol–water partition coefficient (Wildman–Crippen LogP) is 3.35. The minimum absolute atomic E-state index is 0.147. The summed E-state index contributed by atoms with van der Waals surface area (Å²) in [4.78, 5) is 0. The molecular formula is C15H20ClN3O. The van der Waals surface area contributed by atoms with E-state index in [9.17, 15) is 5.11 Å². The topological polar surface area (TPSA) is 50.1 Å². The van der Waals surface area contributed by atoms with Crippen molar-refractivity contribution in [1.82, 2.24) is 9.78 Å². The van der Waals surface area contributed by atoms with Crippen LogP contribution in [0.5, 0.6) is 0 Å². The molecule has 1 atom stereocenters. The first kappa shape index (κ1) is 14.9. The number of hydrogen-bond donors (Lipinski definition) is 2. The fraction of sp³-hybridized carbons (Fsp3) is 0.400. The van der Waals surface area contributed by atoms with E-state index in [1.165, 1.54) is 0 Å². The molecule has 2 aromatic rings. The summed E-state index contributed by atoms with van der Waals surface area (Å²) in [6, 6.07) is 7.53. The molecule has 20 heavy (non-hydrogen) atoms. The number of hydrogen-bond acceptors (Lipinski definition) is 3. The molecule has 0 saturated heterocycles. The van der Waals surface area contributed by atoms with Crippen molar-refractivity contribution in [2.45, 2.75) is 20.3 Å². The normalized spacial score (nSPS) is 14.0. The van der Waals surface area contributed by atoms with Crippen LogP contribution < -0.4 is 5.32 Å². The Balaban J connectivity index is 2.25. The van der Waals surface area contributed by atoms with Crippen LogP contribution in [-0.2, 0) is 0 Å². The van der Waals surface area contributed by atoms with Crippen molar-refractivity contribution in [2.75, 3.05) is 18.5 Å².